The van der Waals surface area contributed by atoms with Crippen LogP contribution in [0.5, 0.6) is 5.75 Å². The first-order chi connectivity index (χ1) is 13.3. The van der Waals surface area contributed by atoms with E-state index in [0.29, 0.717) is 5.92 Å². The molecule has 4 nitrogen and oxygen atoms in total. The maximum Gasteiger partial charge on any atom is 0.253 e. The van der Waals surface area contributed by atoms with Crippen molar-refractivity contribution in [1.82, 2.24) is 9.88 Å². The number of benzene rings is 2. The van der Waals surface area contributed by atoms with Gasteiger partial charge in [-0.25, -0.2) is 4.98 Å². The van der Waals surface area contributed by atoms with Gasteiger partial charge in [0.25, 0.3) is 5.91 Å². The van der Waals surface area contributed by atoms with Crippen molar-refractivity contribution in [3.05, 3.63) is 70.5 Å². The average Bonchev–Trinajstić information content (AvgIpc) is 3.24. The molecule has 1 atom stereocenters. The summed E-state index contributed by atoms with van der Waals surface area (Å²) in [6.07, 6.45) is 2.07. The van der Waals surface area contributed by atoms with E-state index in [0.717, 1.165) is 53.5 Å². The van der Waals surface area contributed by atoms with Gasteiger partial charge in [-0.15, -0.1) is 11.3 Å². The van der Waals surface area contributed by atoms with E-state index in [1.807, 2.05) is 59.5 Å². The molecule has 5 heteroatoms. The van der Waals surface area contributed by atoms with E-state index in [4.69, 9.17) is 9.72 Å². The number of para-hydroxylation sites is 1. The first-order valence-corrected chi connectivity index (χ1v) is 10.1. The van der Waals surface area contributed by atoms with E-state index in [1.54, 1.807) is 18.4 Å². The number of nitrogens with zero attached hydrogens (tertiary/aromatic N) is 2. The van der Waals surface area contributed by atoms with Crippen LogP contribution in [0.3, 0.4) is 0 Å². The summed E-state index contributed by atoms with van der Waals surface area (Å²) in [7, 11) is 1.68. The maximum absolute atomic E-state index is 12.8. The number of piperidine rings is 1. The monoisotopic (exact) mass is 378 g/mol. The van der Waals surface area contributed by atoms with Gasteiger partial charge in [-0.3, -0.25) is 4.79 Å². The van der Waals surface area contributed by atoms with Gasteiger partial charge in [-0.2, -0.15) is 0 Å². The van der Waals surface area contributed by atoms with Gasteiger partial charge in [0.1, 0.15) is 5.75 Å². The average molecular weight is 378 g/mol. The highest BCUT2D eigenvalue weighted by atomic mass is 32.1. The van der Waals surface area contributed by atoms with Crippen LogP contribution in [-0.2, 0) is 0 Å². The van der Waals surface area contributed by atoms with Gasteiger partial charge in [-0.05, 0) is 37.1 Å². The third-order valence-corrected chi connectivity index (χ3v) is 5.99. The van der Waals surface area contributed by atoms with E-state index < -0.39 is 0 Å². The molecule has 0 bridgehead atoms. The molecule has 2 aromatic carbocycles. The molecule has 0 radical (unpaired) electrons. The zero-order valence-electron chi connectivity index (χ0n) is 15.3. The standard InChI is InChI=1S/C22H22N2O2S/c1-26-20-12-6-5-11-18(20)19-15-27-21(23-19)17-10-7-13-24(14-17)22(25)16-8-3-2-4-9-16/h2-6,8-9,11-12,15,17H,7,10,13-14H2,1H3/t17-/m1/s1. The predicted octanol–water partition coefficient (Wildman–Crippen LogP) is 4.84. The van der Waals surface area contributed by atoms with Gasteiger partial charge < -0.3 is 9.64 Å². The van der Waals surface area contributed by atoms with Gasteiger partial charge in [0.2, 0.25) is 0 Å². The number of amides is 1. The van der Waals surface area contributed by atoms with Crippen LogP contribution in [0.2, 0.25) is 0 Å². The number of aromatic nitrogens is 1. The van der Waals surface area contributed by atoms with Gasteiger partial charge in [0.15, 0.2) is 0 Å². The minimum absolute atomic E-state index is 0.113. The summed E-state index contributed by atoms with van der Waals surface area (Å²) in [5.74, 6) is 1.24. The zero-order valence-corrected chi connectivity index (χ0v) is 16.1. The normalized spacial score (nSPS) is 16.9. The van der Waals surface area contributed by atoms with Gasteiger partial charge >= 0.3 is 0 Å². The van der Waals surface area contributed by atoms with Crippen LogP contribution in [0.15, 0.2) is 60.0 Å². The number of hydrogen-bond donors (Lipinski definition) is 0. The topological polar surface area (TPSA) is 42.4 Å². The number of carbonyl (C=O) groups is 1. The molecule has 3 aromatic rings. The first-order valence-electron chi connectivity index (χ1n) is 9.19. The number of likely N-dealkylation sites (tertiary alicyclic amines) is 1. The Bertz CT molecular complexity index is 923. The van der Waals surface area contributed by atoms with Crippen molar-refractivity contribution in [3.8, 4) is 17.0 Å². The first kappa shape index (κ1) is 17.7. The molecule has 27 heavy (non-hydrogen) atoms. The highest BCUT2D eigenvalue weighted by molar-refractivity contribution is 7.10. The second kappa shape index (κ2) is 7.92. The molecule has 0 saturated carbocycles. The van der Waals surface area contributed by atoms with Crippen LogP contribution in [0.1, 0.15) is 34.1 Å². The summed E-state index contributed by atoms with van der Waals surface area (Å²) in [6, 6.07) is 17.5. The van der Waals surface area contributed by atoms with Crippen LogP contribution in [0.4, 0.5) is 0 Å². The molecule has 138 valence electrons. The van der Waals surface area contributed by atoms with E-state index in [9.17, 15) is 4.79 Å². The third kappa shape index (κ3) is 3.74. The Morgan fingerprint density at radius 1 is 1.15 bits per heavy atom. The number of carbonyl (C=O) groups excluding carboxylic acids is 1. The number of thiazole rings is 1. The van der Waals surface area contributed by atoms with Crippen LogP contribution in [0.25, 0.3) is 11.3 Å². The lowest BCUT2D eigenvalue weighted by Crippen LogP contribution is -2.39. The Balaban J connectivity index is 1.52. The fraction of sp³-hybridized carbons (Fsp3) is 0.273. The largest absolute Gasteiger partial charge is 0.496 e. The van der Waals surface area contributed by atoms with Crippen molar-refractivity contribution in [2.45, 2.75) is 18.8 Å². The summed E-state index contributed by atoms with van der Waals surface area (Å²) in [4.78, 5) is 19.6. The second-order valence-corrected chi connectivity index (χ2v) is 7.62. The molecule has 4 rings (SSSR count). The summed E-state index contributed by atoms with van der Waals surface area (Å²) in [5.41, 5.74) is 2.71. The Kier molecular flexibility index (Phi) is 5.21. The Morgan fingerprint density at radius 3 is 2.74 bits per heavy atom. The van der Waals surface area contributed by atoms with E-state index >= 15 is 0 Å². The molecule has 0 N–H and O–H groups in total. The fourth-order valence-corrected chi connectivity index (χ4v) is 4.53. The summed E-state index contributed by atoms with van der Waals surface area (Å²) >= 11 is 1.68. The number of methoxy groups -OCH3 is 1. The second-order valence-electron chi connectivity index (χ2n) is 6.73. The molecule has 1 aliphatic rings. The highest BCUT2D eigenvalue weighted by Crippen LogP contribution is 2.35. The maximum atomic E-state index is 12.8. The minimum atomic E-state index is 0.113. The number of rotatable bonds is 4. The molecule has 1 fully saturated rings. The molecule has 1 aliphatic heterocycles. The molecule has 1 saturated heterocycles. The Labute approximate surface area is 163 Å². The van der Waals surface area contributed by atoms with Crippen molar-refractivity contribution in [3.63, 3.8) is 0 Å². The lowest BCUT2D eigenvalue weighted by molar-refractivity contribution is 0.0707. The quantitative estimate of drug-likeness (QED) is 0.652. The van der Waals surface area contributed by atoms with Gasteiger partial charge in [-0.1, -0.05) is 30.3 Å². The molecule has 1 amide bonds. The highest BCUT2D eigenvalue weighted by Gasteiger charge is 2.27. The van der Waals surface area contributed by atoms with Gasteiger partial charge in [0, 0.05) is 35.5 Å². The third-order valence-electron chi connectivity index (χ3n) is 4.98. The summed E-state index contributed by atoms with van der Waals surface area (Å²) < 4.78 is 5.46. The van der Waals surface area contributed by atoms with Crippen molar-refractivity contribution < 1.29 is 9.53 Å². The van der Waals surface area contributed by atoms with Crippen LogP contribution >= 0.6 is 11.3 Å². The molecular weight excluding hydrogens is 356 g/mol. The summed E-state index contributed by atoms with van der Waals surface area (Å²) in [5, 5.41) is 3.19. The van der Waals surface area contributed by atoms with Crippen LogP contribution < -0.4 is 4.74 Å². The summed E-state index contributed by atoms with van der Waals surface area (Å²) in [6.45, 7) is 1.54. The van der Waals surface area contributed by atoms with E-state index in [2.05, 4.69) is 5.38 Å². The van der Waals surface area contributed by atoms with Crippen LogP contribution in [0, 0.1) is 0 Å². The number of hydrogen-bond acceptors (Lipinski definition) is 4. The predicted molar refractivity (Wildman–Crippen MR) is 108 cm³/mol. The smallest absolute Gasteiger partial charge is 0.253 e. The van der Waals surface area contributed by atoms with Crippen molar-refractivity contribution in [1.29, 1.82) is 0 Å². The van der Waals surface area contributed by atoms with Crippen LogP contribution in [-0.4, -0.2) is 36.0 Å². The SMILES string of the molecule is COc1ccccc1-c1csc([C@@H]2CCCN(C(=O)c3ccccc3)C2)n1. The molecular formula is C22H22N2O2S. The lowest BCUT2D eigenvalue weighted by Gasteiger charge is -2.32. The Hall–Kier alpha value is -2.66. The minimum Gasteiger partial charge on any atom is -0.496 e. The van der Waals surface area contributed by atoms with E-state index in [-0.39, 0.29) is 5.91 Å². The van der Waals surface area contributed by atoms with E-state index in [1.165, 1.54) is 0 Å². The van der Waals surface area contributed by atoms with Crippen molar-refractivity contribution in [2.75, 3.05) is 20.2 Å². The molecule has 0 spiro atoms. The fourth-order valence-electron chi connectivity index (χ4n) is 3.58. The molecule has 0 aliphatic carbocycles. The Morgan fingerprint density at radius 2 is 1.93 bits per heavy atom. The molecule has 0 unspecified atom stereocenters. The van der Waals surface area contributed by atoms with Crippen molar-refractivity contribution in [2.24, 2.45) is 0 Å². The lowest BCUT2D eigenvalue weighted by atomic mass is 9.98. The molecule has 1 aromatic heterocycles. The number of ether oxygens (including phenoxy) is 1. The molecule has 2 heterocycles. The zero-order chi connectivity index (χ0) is 18.6. The van der Waals surface area contributed by atoms with Gasteiger partial charge in [0.05, 0.1) is 17.8 Å². The van der Waals surface area contributed by atoms with Crippen molar-refractivity contribution >= 4 is 17.2 Å².